The SMILES string of the molecule is CCn1nc(NC(=O)c2c(C)cc(C3CCOCC3)oc2=O)c2c(Cl)cccc21. The standard InChI is InChI=1S/C21H22ClN3O4/c1-3-25-15-6-4-5-14(22)18(15)19(24-25)23-20(26)17-12(2)11-16(29-21(17)27)13-7-9-28-10-8-13/h4-6,11,13H,3,7-10H2,1-2H3,(H,23,24,26). The van der Waals surface area contributed by atoms with Crippen LogP contribution in [0.3, 0.4) is 0 Å². The van der Waals surface area contributed by atoms with Crippen LogP contribution in [-0.2, 0) is 11.3 Å². The summed E-state index contributed by atoms with van der Waals surface area (Å²) in [5.41, 5.74) is 0.723. The highest BCUT2D eigenvalue weighted by atomic mass is 35.5. The molecule has 29 heavy (non-hydrogen) atoms. The van der Waals surface area contributed by atoms with Crippen LogP contribution >= 0.6 is 11.6 Å². The van der Waals surface area contributed by atoms with E-state index in [0.717, 1.165) is 18.4 Å². The topological polar surface area (TPSA) is 86.4 Å². The van der Waals surface area contributed by atoms with Crippen molar-refractivity contribution in [1.29, 1.82) is 0 Å². The lowest BCUT2D eigenvalue weighted by molar-refractivity contribution is 0.0796. The first-order valence-electron chi connectivity index (χ1n) is 9.68. The first-order valence-corrected chi connectivity index (χ1v) is 10.1. The molecular weight excluding hydrogens is 394 g/mol. The van der Waals surface area contributed by atoms with E-state index in [-0.39, 0.29) is 11.5 Å². The van der Waals surface area contributed by atoms with Crippen LogP contribution in [0, 0.1) is 6.92 Å². The van der Waals surface area contributed by atoms with Crippen molar-refractivity contribution in [2.45, 2.75) is 39.2 Å². The summed E-state index contributed by atoms with van der Waals surface area (Å²) in [5.74, 6) is 0.508. The number of carbonyl (C=O) groups excluding carboxylic acids is 1. The second-order valence-corrected chi connectivity index (χ2v) is 7.54. The first kappa shape index (κ1) is 19.7. The smallest absolute Gasteiger partial charge is 0.349 e. The summed E-state index contributed by atoms with van der Waals surface area (Å²) in [5, 5.41) is 8.31. The van der Waals surface area contributed by atoms with E-state index in [1.165, 1.54) is 0 Å². The summed E-state index contributed by atoms with van der Waals surface area (Å²) in [4.78, 5) is 25.5. The predicted octanol–water partition coefficient (Wildman–Crippen LogP) is 4.12. The van der Waals surface area contributed by atoms with E-state index >= 15 is 0 Å². The van der Waals surface area contributed by atoms with Crippen LogP contribution in [0.5, 0.6) is 0 Å². The summed E-state index contributed by atoms with van der Waals surface area (Å²) in [6.45, 7) is 5.60. The van der Waals surface area contributed by atoms with Crippen LogP contribution in [0.25, 0.3) is 10.9 Å². The van der Waals surface area contributed by atoms with Crippen molar-refractivity contribution in [3.05, 3.63) is 56.6 Å². The maximum atomic E-state index is 12.9. The van der Waals surface area contributed by atoms with Gasteiger partial charge in [-0.15, -0.1) is 0 Å². The largest absolute Gasteiger partial charge is 0.427 e. The highest BCUT2D eigenvalue weighted by Crippen LogP contribution is 2.31. The Labute approximate surface area is 172 Å². The molecule has 0 bridgehead atoms. The number of anilines is 1. The molecule has 4 rings (SSSR count). The fourth-order valence-electron chi connectivity index (χ4n) is 3.77. The predicted molar refractivity (Wildman–Crippen MR) is 111 cm³/mol. The third-order valence-electron chi connectivity index (χ3n) is 5.28. The van der Waals surface area contributed by atoms with Gasteiger partial charge in [0, 0.05) is 25.7 Å². The molecule has 1 aliphatic heterocycles. The highest BCUT2D eigenvalue weighted by molar-refractivity contribution is 6.36. The summed E-state index contributed by atoms with van der Waals surface area (Å²) in [6, 6.07) is 7.24. The van der Waals surface area contributed by atoms with Crippen LogP contribution in [0.15, 0.2) is 33.5 Å². The van der Waals surface area contributed by atoms with Crippen LogP contribution in [0.4, 0.5) is 5.82 Å². The molecule has 0 saturated carbocycles. The number of aromatic nitrogens is 2. The minimum absolute atomic E-state index is 0.0212. The Balaban J connectivity index is 1.67. The number of halogens is 1. The van der Waals surface area contributed by atoms with Gasteiger partial charge in [-0.25, -0.2) is 4.79 Å². The first-order chi connectivity index (χ1) is 14.0. The van der Waals surface area contributed by atoms with E-state index in [0.29, 0.717) is 47.3 Å². The number of amides is 1. The zero-order valence-corrected chi connectivity index (χ0v) is 17.1. The number of nitrogens with zero attached hydrogens (tertiary/aromatic N) is 2. The molecule has 2 aromatic heterocycles. The van der Waals surface area contributed by atoms with E-state index in [9.17, 15) is 9.59 Å². The van der Waals surface area contributed by atoms with E-state index in [1.807, 2.05) is 19.1 Å². The van der Waals surface area contributed by atoms with Gasteiger partial charge in [0.25, 0.3) is 5.91 Å². The van der Waals surface area contributed by atoms with Crippen molar-refractivity contribution >= 4 is 34.2 Å². The average Bonchev–Trinajstić information content (AvgIpc) is 3.07. The molecule has 0 spiro atoms. The minimum atomic E-state index is -0.644. The quantitative estimate of drug-likeness (QED) is 0.692. The summed E-state index contributed by atoms with van der Waals surface area (Å²) in [7, 11) is 0. The van der Waals surface area contributed by atoms with Crippen molar-refractivity contribution in [2.75, 3.05) is 18.5 Å². The molecular formula is C21H22ClN3O4. The van der Waals surface area contributed by atoms with E-state index in [2.05, 4.69) is 10.4 Å². The van der Waals surface area contributed by atoms with Gasteiger partial charge < -0.3 is 14.5 Å². The van der Waals surface area contributed by atoms with Crippen molar-refractivity contribution in [1.82, 2.24) is 9.78 Å². The van der Waals surface area contributed by atoms with E-state index < -0.39 is 11.5 Å². The van der Waals surface area contributed by atoms with Gasteiger partial charge in [-0.2, -0.15) is 5.10 Å². The van der Waals surface area contributed by atoms with Gasteiger partial charge in [0.15, 0.2) is 5.82 Å². The molecule has 1 aromatic carbocycles. The molecule has 1 amide bonds. The lowest BCUT2D eigenvalue weighted by atomic mass is 9.95. The molecule has 1 saturated heterocycles. The number of rotatable bonds is 4. The van der Waals surface area contributed by atoms with Gasteiger partial charge in [-0.1, -0.05) is 17.7 Å². The maximum absolute atomic E-state index is 12.9. The Bertz CT molecular complexity index is 1130. The Morgan fingerprint density at radius 1 is 1.34 bits per heavy atom. The normalized spacial score (nSPS) is 15.0. The van der Waals surface area contributed by atoms with E-state index in [1.54, 1.807) is 23.7 Å². The molecule has 3 heterocycles. The average molecular weight is 416 g/mol. The van der Waals surface area contributed by atoms with Crippen LogP contribution in [0.1, 0.15) is 47.4 Å². The summed E-state index contributed by atoms with van der Waals surface area (Å²) >= 11 is 6.34. The Kier molecular flexibility index (Phi) is 5.43. The Morgan fingerprint density at radius 3 is 2.79 bits per heavy atom. The molecule has 0 atom stereocenters. The van der Waals surface area contributed by atoms with Crippen molar-refractivity contribution in [3.8, 4) is 0 Å². The second-order valence-electron chi connectivity index (χ2n) is 7.13. The van der Waals surface area contributed by atoms with Gasteiger partial charge in [0.1, 0.15) is 11.3 Å². The van der Waals surface area contributed by atoms with Gasteiger partial charge in [0.05, 0.1) is 15.9 Å². The number of hydrogen-bond acceptors (Lipinski definition) is 5. The second kappa shape index (κ2) is 8.00. The lowest BCUT2D eigenvalue weighted by Crippen LogP contribution is -2.24. The molecule has 7 nitrogen and oxygen atoms in total. The molecule has 0 aliphatic carbocycles. The molecule has 0 unspecified atom stereocenters. The van der Waals surface area contributed by atoms with Crippen molar-refractivity contribution < 1.29 is 13.9 Å². The van der Waals surface area contributed by atoms with Crippen LogP contribution in [0.2, 0.25) is 5.02 Å². The zero-order valence-electron chi connectivity index (χ0n) is 16.3. The van der Waals surface area contributed by atoms with Crippen LogP contribution in [-0.4, -0.2) is 28.9 Å². The molecule has 1 aliphatic rings. The number of aryl methyl sites for hydroxylation is 2. The molecule has 1 N–H and O–H groups in total. The Hall–Kier alpha value is -2.64. The number of benzene rings is 1. The molecule has 152 valence electrons. The third-order valence-corrected chi connectivity index (χ3v) is 5.59. The zero-order chi connectivity index (χ0) is 20.5. The lowest BCUT2D eigenvalue weighted by Gasteiger charge is -2.21. The van der Waals surface area contributed by atoms with Gasteiger partial charge in [0.2, 0.25) is 0 Å². The van der Waals surface area contributed by atoms with Crippen molar-refractivity contribution in [3.63, 3.8) is 0 Å². The summed E-state index contributed by atoms with van der Waals surface area (Å²) in [6.07, 6.45) is 1.60. The third kappa shape index (κ3) is 3.68. The van der Waals surface area contributed by atoms with E-state index in [4.69, 9.17) is 20.8 Å². The number of ether oxygens (including phenoxy) is 1. The van der Waals surface area contributed by atoms with Crippen LogP contribution < -0.4 is 10.9 Å². The van der Waals surface area contributed by atoms with Gasteiger partial charge in [-0.3, -0.25) is 9.48 Å². The van der Waals surface area contributed by atoms with Gasteiger partial charge in [-0.05, 0) is 50.5 Å². The maximum Gasteiger partial charge on any atom is 0.349 e. The number of nitrogens with one attached hydrogen (secondary N) is 1. The molecule has 3 aromatic rings. The van der Waals surface area contributed by atoms with Crippen molar-refractivity contribution in [2.24, 2.45) is 0 Å². The molecule has 1 fully saturated rings. The fourth-order valence-corrected chi connectivity index (χ4v) is 4.03. The fraction of sp³-hybridized carbons (Fsp3) is 0.381. The minimum Gasteiger partial charge on any atom is -0.427 e. The highest BCUT2D eigenvalue weighted by Gasteiger charge is 2.24. The van der Waals surface area contributed by atoms with Gasteiger partial charge >= 0.3 is 5.63 Å². The number of hydrogen-bond donors (Lipinski definition) is 1. The number of carbonyl (C=O) groups is 1. The molecule has 8 heteroatoms. The summed E-state index contributed by atoms with van der Waals surface area (Å²) < 4.78 is 12.6. The Morgan fingerprint density at radius 2 is 2.10 bits per heavy atom. The molecule has 0 radical (unpaired) electrons. The monoisotopic (exact) mass is 415 g/mol. The number of fused-ring (bicyclic) bond motifs is 1.